The van der Waals surface area contributed by atoms with Crippen LogP contribution in [0.5, 0.6) is 0 Å². The molecule has 3 rings (SSSR count). The standard InChI is InChI=1S/C12H17N3O3/c13-6-12(3-4-12)11-14-9(18-15-11)7-1-2-8(5-7)10(16)17/h7-8H,1-6,13H2,(H,16,17)/t7-,8+/m0/s1. The molecule has 0 saturated heterocycles. The molecular formula is C12H17N3O3. The first-order valence-electron chi connectivity index (χ1n) is 6.41. The van der Waals surface area contributed by atoms with E-state index in [4.69, 9.17) is 15.4 Å². The Balaban J connectivity index is 1.73. The molecule has 1 aromatic rings. The van der Waals surface area contributed by atoms with Crippen LogP contribution in [0, 0.1) is 5.92 Å². The van der Waals surface area contributed by atoms with E-state index >= 15 is 0 Å². The number of rotatable bonds is 4. The zero-order valence-corrected chi connectivity index (χ0v) is 10.1. The van der Waals surface area contributed by atoms with Crippen molar-refractivity contribution >= 4 is 5.97 Å². The Kier molecular flexibility index (Phi) is 2.62. The normalized spacial score (nSPS) is 29.4. The fourth-order valence-corrected chi connectivity index (χ4v) is 2.72. The van der Waals surface area contributed by atoms with Gasteiger partial charge in [-0.15, -0.1) is 0 Å². The first kappa shape index (κ1) is 11.6. The third kappa shape index (κ3) is 1.80. The average Bonchev–Trinajstić information content (AvgIpc) is 2.82. The molecule has 0 unspecified atom stereocenters. The second-order valence-corrected chi connectivity index (χ2v) is 5.49. The summed E-state index contributed by atoms with van der Waals surface area (Å²) in [5.74, 6) is 0.403. The Morgan fingerprint density at radius 2 is 2.28 bits per heavy atom. The van der Waals surface area contributed by atoms with Crippen LogP contribution in [0.4, 0.5) is 0 Å². The van der Waals surface area contributed by atoms with Crippen LogP contribution >= 0.6 is 0 Å². The molecule has 3 N–H and O–H groups in total. The molecule has 2 fully saturated rings. The number of carbonyl (C=O) groups is 1. The van der Waals surface area contributed by atoms with E-state index in [-0.39, 0.29) is 17.3 Å². The van der Waals surface area contributed by atoms with Gasteiger partial charge in [-0.1, -0.05) is 5.16 Å². The predicted molar refractivity (Wildman–Crippen MR) is 62.0 cm³/mol. The lowest BCUT2D eigenvalue weighted by molar-refractivity contribution is -0.141. The summed E-state index contributed by atoms with van der Waals surface area (Å²) < 4.78 is 5.30. The number of aliphatic carboxylic acids is 1. The first-order valence-corrected chi connectivity index (χ1v) is 6.41. The minimum absolute atomic E-state index is 0.0629. The summed E-state index contributed by atoms with van der Waals surface area (Å²) in [7, 11) is 0. The third-order valence-electron chi connectivity index (χ3n) is 4.29. The SMILES string of the molecule is NCC1(c2noc([C@H]3CC[C@@H](C(=O)O)C3)n2)CC1. The smallest absolute Gasteiger partial charge is 0.306 e. The first-order chi connectivity index (χ1) is 8.64. The van der Waals surface area contributed by atoms with Crippen molar-refractivity contribution < 1.29 is 14.4 Å². The van der Waals surface area contributed by atoms with Gasteiger partial charge in [0.1, 0.15) is 0 Å². The molecule has 0 amide bonds. The Labute approximate surface area is 105 Å². The van der Waals surface area contributed by atoms with Gasteiger partial charge in [-0.2, -0.15) is 4.98 Å². The van der Waals surface area contributed by atoms with Crippen molar-refractivity contribution in [3.63, 3.8) is 0 Å². The maximum absolute atomic E-state index is 10.9. The van der Waals surface area contributed by atoms with Crippen molar-refractivity contribution in [3.05, 3.63) is 11.7 Å². The number of nitrogens with two attached hydrogens (primary N) is 1. The maximum Gasteiger partial charge on any atom is 0.306 e. The summed E-state index contributed by atoms with van der Waals surface area (Å²) in [6.07, 6.45) is 4.15. The number of aromatic nitrogens is 2. The van der Waals surface area contributed by atoms with Crippen LogP contribution < -0.4 is 5.73 Å². The van der Waals surface area contributed by atoms with Gasteiger partial charge >= 0.3 is 5.97 Å². The Morgan fingerprint density at radius 3 is 2.83 bits per heavy atom. The number of nitrogens with zero attached hydrogens (tertiary/aromatic N) is 2. The highest BCUT2D eigenvalue weighted by Gasteiger charge is 2.47. The van der Waals surface area contributed by atoms with Crippen LogP contribution in [-0.2, 0) is 10.2 Å². The second-order valence-electron chi connectivity index (χ2n) is 5.49. The lowest BCUT2D eigenvalue weighted by atomic mass is 10.0. The van der Waals surface area contributed by atoms with Crippen LogP contribution in [-0.4, -0.2) is 27.8 Å². The monoisotopic (exact) mass is 251 g/mol. The molecule has 0 bridgehead atoms. The number of carboxylic acids is 1. The molecule has 0 radical (unpaired) electrons. The Bertz CT molecular complexity index is 467. The second kappa shape index (κ2) is 4.05. The van der Waals surface area contributed by atoms with Crippen LogP contribution in [0.2, 0.25) is 0 Å². The summed E-state index contributed by atoms with van der Waals surface area (Å²) in [6, 6.07) is 0. The van der Waals surface area contributed by atoms with Crippen molar-refractivity contribution in [2.75, 3.05) is 6.54 Å². The summed E-state index contributed by atoms with van der Waals surface area (Å²) in [5.41, 5.74) is 5.66. The minimum Gasteiger partial charge on any atom is -0.481 e. The molecule has 0 aromatic carbocycles. The Morgan fingerprint density at radius 1 is 1.50 bits per heavy atom. The van der Waals surface area contributed by atoms with Gasteiger partial charge in [0.2, 0.25) is 5.89 Å². The quantitative estimate of drug-likeness (QED) is 0.828. The molecule has 2 atom stereocenters. The van der Waals surface area contributed by atoms with Gasteiger partial charge in [0.25, 0.3) is 0 Å². The van der Waals surface area contributed by atoms with Crippen molar-refractivity contribution in [3.8, 4) is 0 Å². The Hall–Kier alpha value is -1.43. The summed E-state index contributed by atoms with van der Waals surface area (Å²) in [4.78, 5) is 15.4. The van der Waals surface area contributed by atoms with E-state index in [1.165, 1.54) is 0 Å². The lowest BCUT2D eigenvalue weighted by Gasteiger charge is -2.05. The molecule has 1 aromatic heterocycles. The number of hydrogen-bond donors (Lipinski definition) is 2. The zero-order chi connectivity index (χ0) is 12.8. The molecule has 2 saturated carbocycles. The van der Waals surface area contributed by atoms with E-state index in [1.807, 2.05) is 0 Å². The molecule has 2 aliphatic carbocycles. The van der Waals surface area contributed by atoms with Crippen LogP contribution in [0.1, 0.15) is 49.7 Å². The summed E-state index contributed by atoms with van der Waals surface area (Å²) in [5, 5.41) is 13.0. The van der Waals surface area contributed by atoms with E-state index in [2.05, 4.69) is 10.1 Å². The number of carboxylic acid groups (broad SMARTS) is 1. The van der Waals surface area contributed by atoms with Gasteiger partial charge in [-0.3, -0.25) is 4.79 Å². The highest BCUT2D eigenvalue weighted by atomic mass is 16.5. The van der Waals surface area contributed by atoms with E-state index in [0.29, 0.717) is 31.1 Å². The van der Waals surface area contributed by atoms with Crippen molar-refractivity contribution in [1.29, 1.82) is 0 Å². The molecule has 18 heavy (non-hydrogen) atoms. The molecule has 1 heterocycles. The van der Waals surface area contributed by atoms with Gasteiger partial charge in [0, 0.05) is 17.9 Å². The van der Waals surface area contributed by atoms with Crippen LogP contribution in [0.25, 0.3) is 0 Å². The summed E-state index contributed by atoms with van der Waals surface area (Å²) >= 11 is 0. The maximum atomic E-state index is 10.9. The van der Waals surface area contributed by atoms with E-state index in [9.17, 15) is 4.79 Å². The zero-order valence-electron chi connectivity index (χ0n) is 10.1. The van der Waals surface area contributed by atoms with Gasteiger partial charge < -0.3 is 15.4 Å². The molecule has 0 aliphatic heterocycles. The molecule has 6 nitrogen and oxygen atoms in total. The van der Waals surface area contributed by atoms with Crippen molar-refractivity contribution in [2.45, 2.75) is 43.4 Å². The topological polar surface area (TPSA) is 102 Å². The summed E-state index contributed by atoms with van der Waals surface area (Å²) in [6.45, 7) is 0.550. The van der Waals surface area contributed by atoms with E-state index < -0.39 is 5.97 Å². The average molecular weight is 251 g/mol. The lowest BCUT2D eigenvalue weighted by Crippen LogP contribution is -2.21. The van der Waals surface area contributed by atoms with Crippen LogP contribution in [0.3, 0.4) is 0 Å². The highest BCUT2D eigenvalue weighted by Crippen LogP contribution is 2.46. The molecule has 98 valence electrons. The van der Waals surface area contributed by atoms with Crippen molar-refractivity contribution in [2.24, 2.45) is 11.7 Å². The fourth-order valence-electron chi connectivity index (χ4n) is 2.72. The molecule has 6 heteroatoms. The molecule has 0 spiro atoms. The predicted octanol–water partition coefficient (Wildman–Crippen LogP) is 1.03. The minimum atomic E-state index is -0.724. The van der Waals surface area contributed by atoms with Gasteiger partial charge in [-0.05, 0) is 32.1 Å². The van der Waals surface area contributed by atoms with Gasteiger partial charge in [0.15, 0.2) is 5.82 Å². The highest BCUT2D eigenvalue weighted by molar-refractivity contribution is 5.70. The van der Waals surface area contributed by atoms with E-state index in [0.717, 1.165) is 19.3 Å². The largest absolute Gasteiger partial charge is 0.481 e. The van der Waals surface area contributed by atoms with Gasteiger partial charge in [-0.25, -0.2) is 0 Å². The van der Waals surface area contributed by atoms with Gasteiger partial charge in [0.05, 0.1) is 5.92 Å². The van der Waals surface area contributed by atoms with E-state index in [1.54, 1.807) is 0 Å². The molecule has 2 aliphatic rings. The van der Waals surface area contributed by atoms with Crippen molar-refractivity contribution in [1.82, 2.24) is 10.1 Å². The molecular weight excluding hydrogens is 234 g/mol. The third-order valence-corrected chi connectivity index (χ3v) is 4.29. The van der Waals surface area contributed by atoms with Crippen LogP contribution in [0.15, 0.2) is 4.52 Å². The number of hydrogen-bond acceptors (Lipinski definition) is 5. The fraction of sp³-hybridized carbons (Fsp3) is 0.750.